The lowest BCUT2D eigenvalue weighted by Gasteiger charge is -2.11. The molecule has 1 heterocycles. The van der Waals surface area contributed by atoms with Crippen molar-refractivity contribution in [1.82, 2.24) is 9.97 Å². The van der Waals surface area contributed by atoms with Crippen LogP contribution in [0.5, 0.6) is 0 Å². The number of hydrogen-bond acceptors (Lipinski definition) is 4. The second-order valence-corrected chi connectivity index (χ2v) is 4.79. The highest BCUT2D eigenvalue weighted by Crippen LogP contribution is 2.25. The summed E-state index contributed by atoms with van der Waals surface area (Å²) in [7, 11) is 0. The van der Waals surface area contributed by atoms with Gasteiger partial charge in [0.15, 0.2) is 0 Å². The summed E-state index contributed by atoms with van der Waals surface area (Å²) in [6.07, 6.45) is 1.80. The Bertz CT molecular complexity index is 584. The van der Waals surface area contributed by atoms with E-state index in [9.17, 15) is 0 Å². The Labute approximate surface area is 118 Å². The predicted molar refractivity (Wildman–Crippen MR) is 79.9 cm³/mol. The van der Waals surface area contributed by atoms with E-state index in [1.165, 1.54) is 0 Å². The van der Waals surface area contributed by atoms with Crippen molar-refractivity contribution in [2.45, 2.75) is 26.7 Å². The number of halogens is 1. The molecule has 2 rings (SSSR count). The summed E-state index contributed by atoms with van der Waals surface area (Å²) in [5.41, 5.74) is 7.70. The molecule has 100 valence electrons. The molecule has 0 amide bonds. The van der Waals surface area contributed by atoms with Crippen molar-refractivity contribution in [2.24, 2.45) is 0 Å². The Balaban J connectivity index is 2.30. The van der Waals surface area contributed by atoms with Gasteiger partial charge >= 0.3 is 0 Å². The number of nitrogens with two attached hydrogens (primary N) is 1. The summed E-state index contributed by atoms with van der Waals surface area (Å²) < 4.78 is 0. The molecule has 1 aromatic heterocycles. The summed E-state index contributed by atoms with van der Waals surface area (Å²) in [6, 6.07) is 7.44. The number of hydrogen-bond donors (Lipinski definition) is 2. The van der Waals surface area contributed by atoms with Crippen LogP contribution in [0.4, 0.5) is 17.3 Å². The van der Waals surface area contributed by atoms with Crippen molar-refractivity contribution >= 4 is 28.9 Å². The first-order valence-electron chi connectivity index (χ1n) is 6.25. The number of nitrogen functional groups attached to an aromatic ring is 1. The fourth-order valence-corrected chi connectivity index (χ4v) is 1.97. The molecule has 0 aliphatic heterocycles. The van der Waals surface area contributed by atoms with Crippen LogP contribution in [0.25, 0.3) is 0 Å². The first-order valence-corrected chi connectivity index (χ1v) is 6.63. The normalized spacial score (nSPS) is 10.5. The van der Waals surface area contributed by atoms with Gasteiger partial charge in [-0.05, 0) is 31.0 Å². The van der Waals surface area contributed by atoms with Gasteiger partial charge in [-0.1, -0.05) is 24.6 Å². The van der Waals surface area contributed by atoms with Crippen LogP contribution >= 0.6 is 11.6 Å². The van der Waals surface area contributed by atoms with Crippen LogP contribution in [-0.2, 0) is 6.42 Å². The summed E-state index contributed by atoms with van der Waals surface area (Å²) in [5, 5.41) is 3.96. The van der Waals surface area contributed by atoms with E-state index in [1.807, 2.05) is 25.1 Å². The highest BCUT2D eigenvalue weighted by molar-refractivity contribution is 6.31. The Morgan fingerprint density at radius 2 is 2.11 bits per heavy atom. The molecule has 0 radical (unpaired) electrons. The van der Waals surface area contributed by atoms with E-state index in [4.69, 9.17) is 17.3 Å². The van der Waals surface area contributed by atoms with Gasteiger partial charge in [-0.3, -0.25) is 0 Å². The maximum Gasteiger partial charge on any atom is 0.136 e. The van der Waals surface area contributed by atoms with Crippen LogP contribution in [0.1, 0.15) is 24.7 Å². The van der Waals surface area contributed by atoms with Gasteiger partial charge in [-0.25, -0.2) is 9.97 Å². The molecular weight excluding hydrogens is 260 g/mol. The Hall–Kier alpha value is -1.81. The van der Waals surface area contributed by atoms with Crippen molar-refractivity contribution < 1.29 is 0 Å². The average Bonchev–Trinajstić information content (AvgIpc) is 2.35. The fourth-order valence-electron chi connectivity index (χ4n) is 1.80. The zero-order valence-electron chi connectivity index (χ0n) is 11.1. The van der Waals surface area contributed by atoms with E-state index in [-0.39, 0.29) is 0 Å². The van der Waals surface area contributed by atoms with Gasteiger partial charge in [-0.15, -0.1) is 0 Å². The molecule has 0 saturated heterocycles. The van der Waals surface area contributed by atoms with Crippen LogP contribution in [0.2, 0.25) is 5.02 Å². The van der Waals surface area contributed by atoms with E-state index in [0.29, 0.717) is 11.6 Å². The molecule has 2 aromatic rings. The van der Waals surface area contributed by atoms with Crippen molar-refractivity contribution in [3.05, 3.63) is 40.7 Å². The van der Waals surface area contributed by atoms with Gasteiger partial charge in [0.25, 0.3) is 0 Å². The molecule has 5 heteroatoms. The number of aromatic nitrogens is 2. The maximum absolute atomic E-state index is 6.09. The third kappa shape index (κ3) is 3.35. The molecule has 0 saturated carbocycles. The van der Waals surface area contributed by atoms with Crippen LogP contribution in [-0.4, -0.2) is 9.97 Å². The van der Waals surface area contributed by atoms with Gasteiger partial charge in [0.1, 0.15) is 17.5 Å². The Kier molecular flexibility index (Phi) is 4.22. The molecule has 0 atom stereocenters. The van der Waals surface area contributed by atoms with Gasteiger partial charge in [0.05, 0.1) is 0 Å². The minimum atomic E-state index is 0.473. The highest BCUT2D eigenvalue weighted by Gasteiger charge is 2.06. The molecule has 1 aromatic carbocycles. The molecule has 0 spiro atoms. The quantitative estimate of drug-likeness (QED) is 0.893. The molecule has 0 unspecified atom stereocenters. The minimum Gasteiger partial charge on any atom is -0.384 e. The summed E-state index contributed by atoms with van der Waals surface area (Å²) in [5.74, 6) is 1.92. The lowest BCUT2D eigenvalue weighted by Crippen LogP contribution is -2.04. The Morgan fingerprint density at radius 1 is 1.32 bits per heavy atom. The number of nitrogens with zero attached hydrogens (tertiary/aromatic N) is 2. The number of anilines is 3. The van der Waals surface area contributed by atoms with E-state index in [0.717, 1.165) is 34.9 Å². The zero-order valence-corrected chi connectivity index (χ0v) is 11.8. The topological polar surface area (TPSA) is 63.8 Å². The monoisotopic (exact) mass is 276 g/mol. The zero-order chi connectivity index (χ0) is 13.8. The van der Waals surface area contributed by atoms with E-state index < -0.39 is 0 Å². The molecule has 4 nitrogen and oxygen atoms in total. The SMILES string of the molecule is CCCc1nc(N)cc(Nc2cccc(Cl)c2C)n1. The summed E-state index contributed by atoms with van der Waals surface area (Å²) >= 11 is 6.09. The molecule has 0 fully saturated rings. The second kappa shape index (κ2) is 5.89. The maximum atomic E-state index is 6.09. The van der Waals surface area contributed by atoms with E-state index in [1.54, 1.807) is 6.07 Å². The van der Waals surface area contributed by atoms with Gasteiger partial charge < -0.3 is 11.1 Å². The van der Waals surface area contributed by atoms with Crippen molar-refractivity contribution in [1.29, 1.82) is 0 Å². The second-order valence-electron chi connectivity index (χ2n) is 4.38. The van der Waals surface area contributed by atoms with Gasteiger partial charge in [0, 0.05) is 23.2 Å². The first-order chi connectivity index (χ1) is 9.10. The summed E-state index contributed by atoms with van der Waals surface area (Å²) in [6.45, 7) is 4.04. The number of aryl methyl sites for hydroxylation is 1. The van der Waals surface area contributed by atoms with Gasteiger partial charge in [0.2, 0.25) is 0 Å². The lowest BCUT2D eigenvalue weighted by atomic mass is 10.2. The molecule has 19 heavy (non-hydrogen) atoms. The molecule has 0 aliphatic carbocycles. The molecular formula is C14H17ClN4. The third-order valence-electron chi connectivity index (χ3n) is 2.80. The largest absolute Gasteiger partial charge is 0.384 e. The number of nitrogens with one attached hydrogen (secondary N) is 1. The van der Waals surface area contributed by atoms with Crippen molar-refractivity contribution in [2.75, 3.05) is 11.1 Å². The Morgan fingerprint density at radius 3 is 2.84 bits per heavy atom. The molecule has 0 bridgehead atoms. The average molecular weight is 277 g/mol. The smallest absolute Gasteiger partial charge is 0.136 e. The van der Waals surface area contributed by atoms with Crippen LogP contribution < -0.4 is 11.1 Å². The van der Waals surface area contributed by atoms with E-state index >= 15 is 0 Å². The standard InChI is InChI=1S/C14H17ClN4/c1-3-5-13-18-12(16)8-14(19-13)17-11-7-4-6-10(15)9(11)2/h4,6-8H,3,5H2,1-2H3,(H3,16,17,18,19). The molecule has 0 aliphatic rings. The van der Waals surface area contributed by atoms with E-state index in [2.05, 4.69) is 22.2 Å². The first kappa shape index (κ1) is 13.6. The van der Waals surface area contributed by atoms with Crippen LogP contribution in [0.3, 0.4) is 0 Å². The highest BCUT2D eigenvalue weighted by atomic mass is 35.5. The lowest BCUT2D eigenvalue weighted by molar-refractivity contribution is 0.839. The fraction of sp³-hybridized carbons (Fsp3) is 0.286. The molecule has 3 N–H and O–H groups in total. The van der Waals surface area contributed by atoms with Crippen LogP contribution in [0, 0.1) is 6.92 Å². The van der Waals surface area contributed by atoms with Crippen molar-refractivity contribution in [3.8, 4) is 0 Å². The number of rotatable bonds is 4. The predicted octanol–water partition coefficient (Wildman–Crippen LogP) is 3.72. The summed E-state index contributed by atoms with van der Waals surface area (Å²) in [4.78, 5) is 8.65. The number of benzene rings is 1. The van der Waals surface area contributed by atoms with Gasteiger partial charge in [-0.2, -0.15) is 0 Å². The van der Waals surface area contributed by atoms with Crippen LogP contribution in [0.15, 0.2) is 24.3 Å². The minimum absolute atomic E-state index is 0.473. The third-order valence-corrected chi connectivity index (χ3v) is 3.21. The van der Waals surface area contributed by atoms with Crippen molar-refractivity contribution in [3.63, 3.8) is 0 Å².